The summed E-state index contributed by atoms with van der Waals surface area (Å²) in [4.78, 5) is 19.8. The molecule has 0 saturated heterocycles. The third-order valence-electron chi connectivity index (χ3n) is 4.15. The first-order chi connectivity index (χ1) is 13.4. The number of halogens is 3. The van der Waals surface area contributed by atoms with E-state index in [1.165, 1.54) is 12.1 Å². The second kappa shape index (κ2) is 6.94. The van der Waals surface area contributed by atoms with Crippen LogP contribution in [-0.4, -0.2) is 21.0 Å². The van der Waals surface area contributed by atoms with E-state index in [2.05, 4.69) is 15.3 Å². The van der Waals surface area contributed by atoms with Gasteiger partial charge in [-0.15, -0.1) is 0 Å². The fourth-order valence-corrected chi connectivity index (χ4v) is 3.05. The highest BCUT2D eigenvalue weighted by atomic mass is 35.5. The average Bonchev–Trinajstić information content (AvgIpc) is 3.07. The maximum absolute atomic E-state index is 13.3. The van der Waals surface area contributed by atoms with Crippen molar-refractivity contribution in [3.8, 4) is 17.1 Å². The summed E-state index contributed by atoms with van der Waals surface area (Å²) in [7, 11) is 0. The monoisotopic (exact) mass is 399 g/mol. The maximum atomic E-state index is 13.3. The number of hydrogen-bond acceptors (Lipinski definition) is 3. The zero-order chi connectivity index (χ0) is 19.8. The first-order valence-corrected chi connectivity index (χ1v) is 8.54. The van der Waals surface area contributed by atoms with Crippen LogP contribution in [0.2, 0.25) is 5.02 Å². The Kier molecular flexibility index (Phi) is 4.44. The first-order valence-electron chi connectivity index (χ1n) is 8.16. The maximum Gasteiger partial charge on any atom is 0.255 e. The van der Waals surface area contributed by atoms with Crippen molar-refractivity contribution in [1.29, 1.82) is 0 Å². The Morgan fingerprint density at radius 1 is 1.07 bits per heavy atom. The Balaban J connectivity index is 1.66. The van der Waals surface area contributed by atoms with Crippen LogP contribution in [0, 0.1) is 11.6 Å². The number of aromatic amines is 1. The molecular formula is C20H12ClF2N3O2. The highest BCUT2D eigenvalue weighted by molar-refractivity contribution is 6.33. The Bertz CT molecular complexity index is 1200. The number of benzene rings is 3. The number of carbonyl (C=O) groups is 1. The molecule has 0 bridgehead atoms. The molecule has 8 heteroatoms. The van der Waals surface area contributed by atoms with Crippen molar-refractivity contribution >= 4 is 34.2 Å². The van der Waals surface area contributed by atoms with Gasteiger partial charge >= 0.3 is 0 Å². The number of phenolic OH excluding ortho intramolecular Hbond substituents is 1. The average molecular weight is 400 g/mol. The number of nitrogens with zero attached hydrogens (tertiary/aromatic N) is 1. The second-order valence-corrected chi connectivity index (χ2v) is 6.44. The number of carbonyl (C=O) groups excluding carboxylic acids is 1. The number of aromatic hydroxyl groups is 1. The predicted octanol–water partition coefficient (Wildman–Crippen LogP) is 5.12. The summed E-state index contributed by atoms with van der Waals surface area (Å²) < 4.78 is 26.3. The van der Waals surface area contributed by atoms with E-state index in [0.717, 1.165) is 12.1 Å². The number of phenols is 1. The molecule has 0 atom stereocenters. The van der Waals surface area contributed by atoms with Crippen molar-refractivity contribution in [2.75, 3.05) is 5.32 Å². The number of anilines is 1. The van der Waals surface area contributed by atoms with Crippen molar-refractivity contribution in [2.45, 2.75) is 0 Å². The molecule has 3 aromatic carbocycles. The van der Waals surface area contributed by atoms with E-state index < -0.39 is 17.5 Å². The number of amides is 1. The fourth-order valence-electron chi connectivity index (χ4n) is 2.79. The number of H-pyrrole nitrogens is 1. The number of rotatable bonds is 3. The minimum Gasteiger partial charge on any atom is -0.507 e. The molecule has 5 nitrogen and oxygen atoms in total. The summed E-state index contributed by atoms with van der Waals surface area (Å²) in [6.07, 6.45) is 0. The molecular weight excluding hydrogens is 388 g/mol. The summed E-state index contributed by atoms with van der Waals surface area (Å²) in [5, 5.41) is 12.9. The highest BCUT2D eigenvalue weighted by Gasteiger charge is 2.15. The number of hydrogen-bond donors (Lipinski definition) is 3. The Labute approximate surface area is 162 Å². The fraction of sp³-hybridized carbons (Fsp3) is 0. The summed E-state index contributed by atoms with van der Waals surface area (Å²) in [6.45, 7) is 0. The molecule has 4 aromatic rings. The third kappa shape index (κ3) is 3.27. The number of aromatic nitrogens is 2. The van der Waals surface area contributed by atoms with Gasteiger partial charge in [-0.3, -0.25) is 4.79 Å². The zero-order valence-electron chi connectivity index (χ0n) is 14.1. The van der Waals surface area contributed by atoms with Crippen LogP contribution in [0.5, 0.6) is 5.75 Å². The quantitative estimate of drug-likeness (QED) is 0.447. The van der Waals surface area contributed by atoms with Gasteiger partial charge < -0.3 is 15.4 Å². The van der Waals surface area contributed by atoms with Gasteiger partial charge in [0.2, 0.25) is 0 Å². The smallest absolute Gasteiger partial charge is 0.255 e. The van der Waals surface area contributed by atoms with Gasteiger partial charge in [-0.25, -0.2) is 13.8 Å². The van der Waals surface area contributed by atoms with Crippen LogP contribution in [0.25, 0.3) is 22.4 Å². The lowest BCUT2D eigenvalue weighted by molar-refractivity contribution is 0.102. The van der Waals surface area contributed by atoms with Gasteiger partial charge in [0.1, 0.15) is 11.6 Å². The van der Waals surface area contributed by atoms with Crippen molar-refractivity contribution in [3.05, 3.63) is 76.8 Å². The molecule has 1 amide bonds. The van der Waals surface area contributed by atoms with Crippen LogP contribution in [0.15, 0.2) is 54.6 Å². The van der Waals surface area contributed by atoms with Gasteiger partial charge in [0.25, 0.3) is 5.91 Å². The van der Waals surface area contributed by atoms with Crippen LogP contribution >= 0.6 is 11.6 Å². The summed E-state index contributed by atoms with van der Waals surface area (Å²) in [6, 6.07) is 12.6. The van der Waals surface area contributed by atoms with Gasteiger partial charge in [-0.2, -0.15) is 0 Å². The Hall–Kier alpha value is -3.45. The SMILES string of the molecule is O=C(Nc1ccc(F)c(F)c1)c1ccc2nc(-c3c(O)cccc3Cl)[nH]c2c1. The van der Waals surface area contributed by atoms with E-state index >= 15 is 0 Å². The molecule has 0 fully saturated rings. The molecule has 0 aliphatic rings. The van der Waals surface area contributed by atoms with Gasteiger partial charge in [0.05, 0.1) is 21.6 Å². The molecule has 0 saturated carbocycles. The standard InChI is InChI=1S/C20H12ClF2N3O2/c21-12-2-1-3-17(27)18(12)19-25-15-7-4-10(8-16(15)26-19)20(28)24-11-5-6-13(22)14(23)9-11/h1-9,27H,(H,24,28)(H,25,26). The Morgan fingerprint density at radius 2 is 1.89 bits per heavy atom. The van der Waals surface area contributed by atoms with Crippen LogP contribution in [0.4, 0.5) is 14.5 Å². The molecule has 3 N–H and O–H groups in total. The summed E-state index contributed by atoms with van der Waals surface area (Å²) in [5.74, 6) is -2.21. The van der Waals surface area contributed by atoms with Crippen molar-refractivity contribution in [2.24, 2.45) is 0 Å². The van der Waals surface area contributed by atoms with Crippen molar-refractivity contribution < 1.29 is 18.7 Å². The lowest BCUT2D eigenvalue weighted by Crippen LogP contribution is -2.12. The van der Waals surface area contributed by atoms with Crippen LogP contribution < -0.4 is 5.32 Å². The molecule has 28 heavy (non-hydrogen) atoms. The lowest BCUT2D eigenvalue weighted by atomic mass is 10.2. The van der Waals surface area contributed by atoms with E-state index in [1.54, 1.807) is 30.3 Å². The summed E-state index contributed by atoms with van der Waals surface area (Å²) in [5.41, 5.74) is 1.89. The van der Waals surface area contributed by atoms with Crippen molar-refractivity contribution in [1.82, 2.24) is 9.97 Å². The van der Waals surface area contributed by atoms with Crippen LogP contribution in [0.1, 0.15) is 10.4 Å². The minimum absolute atomic E-state index is 0.0251. The van der Waals surface area contributed by atoms with E-state index in [0.29, 0.717) is 27.4 Å². The molecule has 0 aliphatic heterocycles. The number of nitrogens with one attached hydrogen (secondary N) is 2. The van der Waals surface area contributed by atoms with E-state index in [-0.39, 0.29) is 17.0 Å². The summed E-state index contributed by atoms with van der Waals surface area (Å²) >= 11 is 6.15. The first kappa shape index (κ1) is 17.9. The predicted molar refractivity (Wildman–Crippen MR) is 103 cm³/mol. The number of imidazole rings is 1. The third-order valence-corrected chi connectivity index (χ3v) is 4.46. The van der Waals surface area contributed by atoms with E-state index in [1.807, 2.05) is 0 Å². The topological polar surface area (TPSA) is 78.0 Å². The minimum atomic E-state index is -1.05. The highest BCUT2D eigenvalue weighted by Crippen LogP contribution is 2.35. The van der Waals surface area contributed by atoms with Gasteiger partial charge in [0, 0.05) is 17.3 Å². The molecule has 0 aliphatic carbocycles. The molecule has 0 radical (unpaired) electrons. The normalized spacial score (nSPS) is 11.0. The van der Waals surface area contributed by atoms with E-state index in [4.69, 9.17) is 11.6 Å². The van der Waals surface area contributed by atoms with Crippen LogP contribution in [-0.2, 0) is 0 Å². The molecule has 140 valence electrons. The van der Waals surface area contributed by atoms with Crippen molar-refractivity contribution in [3.63, 3.8) is 0 Å². The lowest BCUT2D eigenvalue weighted by Gasteiger charge is -2.05. The van der Waals surface area contributed by atoms with E-state index in [9.17, 15) is 18.7 Å². The van der Waals surface area contributed by atoms with Gasteiger partial charge in [0.15, 0.2) is 11.6 Å². The zero-order valence-corrected chi connectivity index (χ0v) is 14.9. The molecule has 0 unspecified atom stereocenters. The molecule has 1 aromatic heterocycles. The molecule has 0 spiro atoms. The van der Waals surface area contributed by atoms with Gasteiger partial charge in [-0.1, -0.05) is 17.7 Å². The second-order valence-electron chi connectivity index (χ2n) is 6.03. The van der Waals surface area contributed by atoms with Crippen LogP contribution in [0.3, 0.4) is 0 Å². The number of fused-ring (bicyclic) bond motifs is 1. The largest absolute Gasteiger partial charge is 0.507 e. The van der Waals surface area contributed by atoms with Gasteiger partial charge in [-0.05, 0) is 42.5 Å². The molecule has 1 heterocycles. The molecule has 4 rings (SSSR count). The Morgan fingerprint density at radius 3 is 2.64 bits per heavy atom.